The van der Waals surface area contributed by atoms with Crippen molar-refractivity contribution >= 4 is 34.7 Å². The van der Waals surface area contributed by atoms with Crippen molar-refractivity contribution in [1.29, 1.82) is 0 Å². The molecule has 1 N–H and O–H groups in total. The van der Waals surface area contributed by atoms with Crippen LogP contribution in [0.5, 0.6) is 0 Å². The van der Waals surface area contributed by atoms with Gasteiger partial charge in [0.15, 0.2) is 11.0 Å². The van der Waals surface area contributed by atoms with Gasteiger partial charge in [0.25, 0.3) is 0 Å². The van der Waals surface area contributed by atoms with Crippen LogP contribution in [0.25, 0.3) is 10.7 Å². The summed E-state index contributed by atoms with van der Waals surface area (Å²) in [4.78, 5) is 13.1. The highest BCUT2D eigenvalue weighted by atomic mass is 32.2. The minimum absolute atomic E-state index is 0.0417. The third-order valence-electron chi connectivity index (χ3n) is 3.86. The fourth-order valence-electron chi connectivity index (χ4n) is 2.52. The zero-order chi connectivity index (χ0) is 18.1. The van der Waals surface area contributed by atoms with Crippen LogP contribution in [0, 0.1) is 11.6 Å². The maximum absolute atomic E-state index is 13.6. The first kappa shape index (κ1) is 17.2. The molecule has 0 saturated heterocycles. The van der Waals surface area contributed by atoms with Crippen LogP contribution in [0.1, 0.15) is 18.9 Å². The van der Waals surface area contributed by atoms with E-state index < -0.39 is 11.6 Å². The molecule has 0 unspecified atom stereocenters. The largest absolute Gasteiger partial charge is 0.323 e. The summed E-state index contributed by atoms with van der Waals surface area (Å²) >= 11 is 2.85. The van der Waals surface area contributed by atoms with Crippen LogP contribution >= 0.6 is 23.1 Å². The molecule has 1 aliphatic rings. The van der Waals surface area contributed by atoms with E-state index in [2.05, 4.69) is 20.1 Å². The van der Waals surface area contributed by atoms with Crippen molar-refractivity contribution in [2.24, 2.45) is 0 Å². The molecular formula is C17H14F2N4OS2. The smallest absolute Gasteiger partial charge is 0.234 e. The molecule has 1 aliphatic carbocycles. The molecule has 134 valence electrons. The van der Waals surface area contributed by atoms with Crippen molar-refractivity contribution in [2.75, 3.05) is 11.1 Å². The number of nitrogens with one attached hydrogen (secondary N) is 1. The third kappa shape index (κ3) is 3.63. The Hall–Kier alpha value is -2.26. The van der Waals surface area contributed by atoms with Crippen LogP contribution in [0.3, 0.4) is 0 Å². The van der Waals surface area contributed by atoms with Gasteiger partial charge >= 0.3 is 0 Å². The van der Waals surface area contributed by atoms with E-state index in [1.165, 1.54) is 17.8 Å². The topological polar surface area (TPSA) is 59.8 Å². The first-order valence-electron chi connectivity index (χ1n) is 7.98. The number of halogens is 2. The van der Waals surface area contributed by atoms with Crippen molar-refractivity contribution in [3.8, 4) is 10.7 Å². The Morgan fingerprint density at radius 1 is 1.31 bits per heavy atom. The number of hydrogen-bond donors (Lipinski definition) is 1. The summed E-state index contributed by atoms with van der Waals surface area (Å²) in [6.07, 6.45) is 2.13. The lowest BCUT2D eigenvalue weighted by Crippen LogP contribution is -2.15. The number of hydrogen-bond acceptors (Lipinski definition) is 5. The molecule has 0 spiro atoms. The van der Waals surface area contributed by atoms with Gasteiger partial charge in [-0.1, -0.05) is 17.8 Å². The van der Waals surface area contributed by atoms with E-state index in [0.717, 1.165) is 35.7 Å². The average Bonchev–Trinajstić information content (AvgIpc) is 3.14. The standard InChI is InChI=1S/C17H14F2N4OS2/c18-10-3-6-13(12(19)8-10)20-15(24)9-26-17-22-21-16(14-2-1-7-25-14)23(17)11-4-5-11/h1-3,6-8,11H,4-5,9H2,(H,20,24). The SMILES string of the molecule is O=C(CSc1nnc(-c2cccs2)n1C1CC1)Nc1ccc(F)cc1F. The Bertz CT molecular complexity index is 938. The fraction of sp³-hybridized carbons (Fsp3) is 0.235. The molecule has 2 aromatic heterocycles. The molecule has 9 heteroatoms. The zero-order valence-electron chi connectivity index (χ0n) is 13.5. The van der Waals surface area contributed by atoms with Gasteiger partial charge in [0.05, 0.1) is 16.3 Å². The van der Waals surface area contributed by atoms with Gasteiger partial charge < -0.3 is 5.32 Å². The van der Waals surface area contributed by atoms with Crippen LogP contribution in [-0.2, 0) is 4.79 Å². The molecule has 0 radical (unpaired) electrons. The normalized spacial score (nSPS) is 13.8. The van der Waals surface area contributed by atoms with Crippen molar-refractivity contribution in [3.05, 3.63) is 47.3 Å². The van der Waals surface area contributed by atoms with Gasteiger partial charge in [-0.25, -0.2) is 8.78 Å². The number of amides is 1. The highest BCUT2D eigenvalue weighted by molar-refractivity contribution is 7.99. The molecular weight excluding hydrogens is 378 g/mol. The summed E-state index contributed by atoms with van der Waals surface area (Å²) in [5.74, 6) is -0.997. The minimum Gasteiger partial charge on any atom is -0.323 e. The van der Waals surface area contributed by atoms with E-state index in [9.17, 15) is 13.6 Å². The average molecular weight is 392 g/mol. The first-order valence-corrected chi connectivity index (χ1v) is 9.85. The van der Waals surface area contributed by atoms with Crippen LogP contribution < -0.4 is 5.32 Å². The molecule has 5 nitrogen and oxygen atoms in total. The van der Waals surface area contributed by atoms with Crippen molar-refractivity contribution in [3.63, 3.8) is 0 Å². The van der Waals surface area contributed by atoms with E-state index >= 15 is 0 Å². The Balaban J connectivity index is 1.45. The number of nitrogens with zero attached hydrogens (tertiary/aromatic N) is 3. The fourth-order valence-corrected chi connectivity index (χ4v) is 4.03. The lowest BCUT2D eigenvalue weighted by atomic mass is 10.3. The Morgan fingerprint density at radius 3 is 2.85 bits per heavy atom. The third-order valence-corrected chi connectivity index (χ3v) is 5.66. The summed E-state index contributed by atoms with van der Waals surface area (Å²) in [5.41, 5.74) is -0.0417. The van der Waals surface area contributed by atoms with Crippen LogP contribution in [0.15, 0.2) is 40.9 Å². The second kappa shape index (κ2) is 7.16. The van der Waals surface area contributed by atoms with Gasteiger partial charge in [-0.05, 0) is 36.4 Å². The highest BCUT2D eigenvalue weighted by Crippen LogP contribution is 2.41. The van der Waals surface area contributed by atoms with E-state index in [-0.39, 0.29) is 17.3 Å². The maximum Gasteiger partial charge on any atom is 0.234 e. The van der Waals surface area contributed by atoms with Gasteiger partial charge in [0.1, 0.15) is 11.6 Å². The number of aromatic nitrogens is 3. The Kier molecular flexibility index (Phi) is 4.73. The lowest BCUT2D eigenvalue weighted by Gasteiger charge is -2.08. The molecule has 1 amide bonds. The number of thiophene rings is 1. The molecule has 0 bridgehead atoms. The molecule has 1 fully saturated rings. The van der Waals surface area contributed by atoms with Gasteiger partial charge in [0, 0.05) is 12.1 Å². The first-order chi connectivity index (χ1) is 12.6. The summed E-state index contributed by atoms with van der Waals surface area (Å²) in [6.45, 7) is 0. The summed E-state index contributed by atoms with van der Waals surface area (Å²) in [5, 5.41) is 13.6. The van der Waals surface area contributed by atoms with E-state index in [0.29, 0.717) is 11.2 Å². The predicted molar refractivity (Wildman–Crippen MR) is 97.3 cm³/mol. The van der Waals surface area contributed by atoms with Crippen molar-refractivity contribution in [1.82, 2.24) is 14.8 Å². The Labute approximate surface area is 156 Å². The summed E-state index contributed by atoms with van der Waals surface area (Å²) < 4.78 is 28.6. The molecule has 4 rings (SSSR count). The molecule has 1 aromatic carbocycles. The quantitative estimate of drug-likeness (QED) is 0.634. The second-order valence-electron chi connectivity index (χ2n) is 5.85. The molecule has 2 heterocycles. The van der Waals surface area contributed by atoms with Crippen LogP contribution in [-0.4, -0.2) is 26.4 Å². The van der Waals surface area contributed by atoms with Gasteiger partial charge in [-0.3, -0.25) is 9.36 Å². The zero-order valence-corrected chi connectivity index (χ0v) is 15.1. The highest BCUT2D eigenvalue weighted by Gasteiger charge is 2.30. The van der Waals surface area contributed by atoms with Gasteiger partial charge in [0.2, 0.25) is 5.91 Å². The van der Waals surface area contributed by atoms with Gasteiger partial charge in [-0.2, -0.15) is 0 Å². The molecule has 1 saturated carbocycles. The van der Waals surface area contributed by atoms with Crippen LogP contribution in [0.4, 0.5) is 14.5 Å². The summed E-state index contributed by atoms with van der Waals surface area (Å²) in [6, 6.07) is 7.36. The monoisotopic (exact) mass is 392 g/mol. The number of rotatable bonds is 6. The van der Waals surface area contributed by atoms with E-state index in [1.54, 1.807) is 11.3 Å². The number of anilines is 1. The molecule has 26 heavy (non-hydrogen) atoms. The number of carbonyl (C=O) groups excluding carboxylic acids is 1. The number of benzene rings is 1. The van der Waals surface area contributed by atoms with Crippen molar-refractivity contribution < 1.29 is 13.6 Å². The second-order valence-corrected chi connectivity index (χ2v) is 7.74. The van der Waals surface area contributed by atoms with Crippen LogP contribution in [0.2, 0.25) is 0 Å². The maximum atomic E-state index is 13.6. The van der Waals surface area contributed by atoms with Crippen molar-refractivity contribution in [2.45, 2.75) is 24.0 Å². The lowest BCUT2D eigenvalue weighted by molar-refractivity contribution is -0.113. The molecule has 3 aromatic rings. The minimum atomic E-state index is -0.801. The number of carbonyl (C=O) groups is 1. The van der Waals surface area contributed by atoms with E-state index in [4.69, 9.17) is 0 Å². The number of thioether (sulfide) groups is 1. The van der Waals surface area contributed by atoms with Gasteiger partial charge in [-0.15, -0.1) is 21.5 Å². The molecule has 0 atom stereocenters. The molecule has 0 aliphatic heterocycles. The predicted octanol–water partition coefficient (Wildman–Crippen LogP) is 4.35. The Morgan fingerprint density at radius 2 is 2.15 bits per heavy atom. The summed E-state index contributed by atoms with van der Waals surface area (Å²) in [7, 11) is 0. The van der Waals surface area contributed by atoms with E-state index in [1.807, 2.05) is 17.5 Å².